The third kappa shape index (κ3) is 6.41. The molecule has 2 N–H and O–H groups in total. The van der Waals surface area contributed by atoms with Crippen LogP contribution in [0.5, 0.6) is 0 Å². The van der Waals surface area contributed by atoms with E-state index in [1.165, 1.54) is 16.7 Å². The number of esters is 1. The maximum absolute atomic E-state index is 13.8. The third-order valence-corrected chi connectivity index (χ3v) is 8.21. The van der Waals surface area contributed by atoms with E-state index in [-0.39, 0.29) is 17.5 Å². The lowest BCUT2D eigenvalue weighted by Gasteiger charge is -2.51. The van der Waals surface area contributed by atoms with E-state index in [1.807, 2.05) is 91.0 Å². The summed E-state index contributed by atoms with van der Waals surface area (Å²) in [5.74, 6) is -1.19. The number of β-lactam (4-membered cyclic amide) rings is 1. The Balaban J connectivity index is 1.35. The zero-order valence-corrected chi connectivity index (χ0v) is 23.6. The fraction of sp³-hybridized carbons (Fsp3) is 0.200. The van der Waals surface area contributed by atoms with Gasteiger partial charge in [-0.2, -0.15) is 0 Å². The number of carbonyl (C=O) groups is 4. The van der Waals surface area contributed by atoms with Gasteiger partial charge in [-0.05, 0) is 28.4 Å². The first-order chi connectivity index (χ1) is 20.0. The fourth-order valence-electron chi connectivity index (χ4n) is 4.56. The lowest BCUT2D eigenvalue weighted by molar-refractivity contribution is -0.164. The van der Waals surface area contributed by atoms with Crippen LogP contribution in [0.2, 0.25) is 0 Å². The first-order valence-corrected chi connectivity index (χ1v) is 14.9. The molecule has 1 saturated heterocycles. The Hall–Kier alpha value is -4.22. The number of alkyl carbamates (subject to hydrolysis) is 1. The van der Waals surface area contributed by atoms with Crippen molar-refractivity contribution in [1.29, 1.82) is 0 Å². The highest BCUT2D eigenvalue weighted by Gasteiger charge is 2.57. The van der Waals surface area contributed by atoms with Gasteiger partial charge in [0.1, 0.15) is 18.0 Å². The molecule has 0 saturated carbocycles. The molecule has 3 aromatic rings. The summed E-state index contributed by atoms with van der Waals surface area (Å²) in [5, 5.41) is 5.96. The normalized spacial score (nSPS) is 19.4. The van der Waals surface area contributed by atoms with Gasteiger partial charge in [-0.1, -0.05) is 103 Å². The van der Waals surface area contributed by atoms with Gasteiger partial charge in [0.2, 0.25) is 5.91 Å². The molecule has 9 nitrogen and oxygen atoms in total. The zero-order chi connectivity index (χ0) is 28.8. The predicted octanol–water partition coefficient (Wildman–Crippen LogP) is 4.81. The second-order valence-electron chi connectivity index (χ2n) is 9.19. The number of nitrogens with zero attached hydrogens (tertiary/aromatic N) is 1. The van der Waals surface area contributed by atoms with E-state index < -0.39 is 41.5 Å². The van der Waals surface area contributed by atoms with Crippen LogP contribution in [-0.2, 0) is 25.7 Å². The topological polar surface area (TPSA) is 114 Å². The molecular weight excluding hydrogens is 562 g/mol. The van der Waals surface area contributed by atoms with Crippen LogP contribution in [0.25, 0.3) is 0 Å². The Morgan fingerprint density at radius 1 is 0.927 bits per heavy atom. The van der Waals surface area contributed by atoms with Crippen molar-refractivity contribution in [3.63, 3.8) is 0 Å². The fourth-order valence-corrected chi connectivity index (χ4v) is 5.95. The number of nitrogens with one attached hydrogen (secondary N) is 2. The van der Waals surface area contributed by atoms with Crippen molar-refractivity contribution in [3.05, 3.63) is 119 Å². The summed E-state index contributed by atoms with van der Waals surface area (Å²) >= 11 is 2.16. The van der Waals surface area contributed by atoms with Gasteiger partial charge in [-0.25, -0.2) is 9.59 Å². The molecule has 2 aliphatic heterocycles. The smallest absolute Gasteiger partial charge is 0.408 e. The van der Waals surface area contributed by atoms with Crippen LogP contribution in [-0.4, -0.2) is 51.8 Å². The van der Waals surface area contributed by atoms with E-state index in [0.29, 0.717) is 0 Å². The molecule has 0 aromatic heterocycles. The van der Waals surface area contributed by atoms with Crippen LogP contribution < -0.4 is 10.6 Å². The van der Waals surface area contributed by atoms with E-state index in [1.54, 1.807) is 11.7 Å². The van der Waals surface area contributed by atoms with Gasteiger partial charge in [0.05, 0.1) is 5.70 Å². The number of carbonyl (C=O) groups excluding carboxylic acids is 4. The number of ether oxygens (including phenoxy) is 2. The van der Waals surface area contributed by atoms with Gasteiger partial charge in [-0.3, -0.25) is 9.59 Å². The molecule has 41 heavy (non-hydrogen) atoms. The van der Waals surface area contributed by atoms with E-state index >= 15 is 0 Å². The van der Waals surface area contributed by atoms with E-state index in [2.05, 4.69) is 10.6 Å². The Labute approximate surface area is 245 Å². The summed E-state index contributed by atoms with van der Waals surface area (Å²) in [7, 11) is 0. The van der Waals surface area contributed by atoms with Crippen molar-refractivity contribution < 1.29 is 28.7 Å². The van der Waals surface area contributed by atoms with Crippen molar-refractivity contribution in [2.75, 3.05) is 6.26 Å². The molecule has 2 heterocycles. The third-order valence-electron chi connectivity index (χ3n) is 6.57. The van der Waals surface area contributed by atoms with Crippen molar-refractivity contribution in [1.82, 2.24) is 15.5 Å². The molecule has 0 radical (unpaired) electrons. The van der Waals surface area contributed by atoms with Crippen LogP contribution in [0, 0.1) is 0 Å². The number of amides is 3. The van der Waals surface area contributed by atoms with Crippen LogP contribution in [0.4, 0.5) is 9.59 Å². The minimum atomic E-state index is -1.21. The highest BCUT2D eigenvalue weighted by Crippen LogP contribution is 2.40. The van der Waals surface area contributed by atoms with Gasteiger partial charge in [0.25, 0.3) is 5.24 Å². The minimum Gasteiger partial charge on any atom is -0.451 e. The number of hydrogen-bond acceptors (Lipinski definition) is 8. The first-order valence-electron chi connectivity index (χ1n) is 12.8. The maximum atomic E-state index is 13.8. The van der Waals surface area contributed by atoms with Gasteiger partial charge in [0.15, 0.2) is 12.1 Å². The quantitative estimate of drug-likeness (QED) is 0.284. The summed E-state index contributed by atoms with van der Waals surface area (Å²) in [6.45, 7) is 0.0508. The lowest BCUT2D eigenvalue weighted by Crippen LogP contribution is -2.74. The standard InChI is InChI=1S/C30H27N3O6S2/c1-40-30(37)31-22-18-41-27-23(32-29(36)38-17-19-11-5-2-6-12-19)26(34)33(27)24(22)28(35)39-25(20-13-7-3-8-14-20)21-15-9-4-10-16-21/h2-16,18,23-25,27H,17H2,1H3,(H,31,37)(H,32,36)/t23?,24?,27-/m0/s1. The van der Waals surface area contributed by atoms with Crippen molar-refractivity contribution in [2.24, 2.45) is 0 Å². The molecule has 210 valence electrons. The summed E-state index contributed by atoms with van der Waals surface area (Å²) in [6.07, 6.45) is 0.123. The number of thioether (sulfide) groups is 2. The predicted molar refractivity (Wildman–Crippen MR) is 157 cm³/mol. The van der Waals surface area contributed by atoms with Gasteiger partial charge in [0, 0.05) is 0 Å². The molecule has 3 aromatic carbocycles. The molecular formula is C30H27N3O6S2. The summed E-state index contributed by atoms with van der Waals surface area (Å²) in [5.41, 5.74) is 2.54. The highest BCUT2D eigenvalue weighted by molar-refractivity contribution is 8.13. The molecule has 11 heteroatoms. The molecule has 3 amide bonds. The van der Waals surface area contributed by atoms with Crippen molar-refractivity contribution in [2.45, 2.75) is 30.2 Å². The Bertz CT molecular complexity index is 1400. The van der Waals surface area contributed by atoms with Crippen LogP contribution in [0.1, 0.15) is 22.8 Å². The average molecular weight is 590 g/mol. The molecule has 0 bridgehead atoms. The minimum absolute atomic E-state index is 0.0508. The number of fused-ring (bicyclic) bond motifs is 1. The summed E-state index contributed by atoms with van der Waals surface area (Å²) < 4.78 is 11.3. The molecule has 2 aliphatic rings. The Kier molecular flexibility index (Phi) is 8.95. The summed E-state index contributed by atoms with van der Waals surface area (Å²) in [4.78, 5) is 53.2. The molecule has 2 unspecified atom stereocenters. The summed E-state index contributed by atoms with van der Waals surface area (Å²) in [6, 6.07) is 25.6. The van der Waals surface area contributed by atoms with E-state index in [0.717, 1.165) is 28.5 Å². The van der Waals surface area contributed by atoms with Crippen LogP contribution in [0.15, 0.2) is 102 Å². The second kappa shape index (κ2) is 13.0. The Morgan fingerprint density at radius 2 is 1.51 bits per heavy atom. The molecule has 1 fully saturated rings. The number of rotatable bonds is 8. The van der Waals surface area contributed by atoms with E-state index in [9.17, 15) is 19.2 Å². The van der Waals surface area contributed by atoms with Crippen molar-refractivity contribution in [3.8, 4) is 0 Å². The van der Waals surface area contributed by atoms with Crippen LogP contribution >= 0.6 is 23.5 Å². The second-order valence-corrected chi connectivity index (χ2v) is 11.0. The molecule has 0 aliphatic carbocycles. The number of hydrogen-bond donors (Lipinski definition) is 2. The van der Waals surface area contributed by atoms with Gasteiger partial charge < -0.3 is 25.0 Å². The Morgan fingerprint density at radius 3 is 2.10 bits per heavy atom. The zero-order valence-electron chi connectivity index (χ0n) is 22.0. The van der Waals surface area contributed by atoms with Gasteiger partial charge in [-0.15, -0.1) is 11.8 Å². The first kappa shape index (κ1) is 28.3. The maximum Gasteiger partial charge on any atom is 0.408 e. The van der Waals surface area contributed by atoms with Crippen LogP contribution in [0.3, 0.4) is 0 Å². The van der Waals surface area contributed by atoms with E-state index in [4.69, 9.17) is 9.47 Å². The monoisotopic (exact) mass is 589 g/mol. The molecule has 5 rings (SSSR count). The van der Waals surface area contributed by atoms with Gasteiger partial charge >= 0.3 is 12.1 Å². The highest BCUT2D eigenvalue weighted by atomic mass is 32.2. The number of benzene rings is 3. The lowest BCUT2D eigenvalue weighted by atomic mass is 9.99. The van der Waals surface area contributed by atoms with Crippen molar-refractivity contribution >= 4 is 46.7 Å². The molecule has 3 atom stereocenters. The molecule has 0 spiro atoms. The largest absolute Gasteiger partial charge is 0.451 e. The SMILES string of the molecule is CSC(=O)NC1=CS[C@H]2C(NC(=O)OCc3ccccc3)C(=O)N2C1C(=O)OC(c1ccccc1)c1ccccc1. The average Bonchev–Trinajstić information content (AvgIpc) is 3.02.